The lowest BCUT2D eigenvalue weighted by molar-refractivity contribution is -0.133. The van der Waals surface area contributed by atoms with E-state index in [4.69, 9.17) is 0 Å². The van der Waals surface area contributed by atoms with E-state index < -0.39 is 11.6 Å². The standard InChI is InChI=1S/C20H26N4O3/c1-14-13-23(11-12-24(14)16-5-3-2-4-6-16)17(25)9-10-20(15-7-8-15)18(26)21-19(27)22-20/h2-6,14-15H,7-13H2,1H3,(H2,21,22,26,27). The fourth-order valence-electron chi connectivity index (χ4n) is 4.40. The summed E-state index contributed by atoms with van der Waals surface area (Å²) in [7, 11) is 0. The zero-order chi connectivity index (χ0) is 19.0. The van der Waals surface area contributed by atoms with Crippen molar-refractivity contribution in [1.82, 2.24) is 15.5 Å². The van der Waals surface area contributed by atoms with Gasteiger partial charge < -0.3 is 15.1 Å². The van der Waals surface area contributed by atoms with Crippen LogP contribution in [0.15, 0.2) is 30.3 Å². The first-order chi connectivity index (χ1) is 13.0. The van der Waals surface area contributed by atoms with Crippen molar-refractivity contribution in [3.8, 4) is 0 Å². The Kier molecular flexibility index (Phi) is 4.53. The normalized spacial score (nSPS) is 28.1. The Labute approximate surface area is 159 Å². The summed E-state index contributed by atoms with van der Waals surface area (Å²) in [5.74, 6) is -0.0563. The predicted molar refractivity (Wildman–Crippen MR) is 101 cm³/mol. The minimum absolute atomic E-state index is 0.0588. The van der Waals surface area contributed by atoms with Gasteiger partial charge in [0.2, 0.25) is 5.91 Å². The maximum absolute atomic E-state index is 12.8. The summed E-state index contributed by atoms with van der Waals surface area (Å²) >= 11 is 0. The van der Waals surface area contributed by atoms with Gasteiger partial charge >= 0.3 is 6.03 Å². The zero-order valence-electron chi connectivity index (χ0n) is 15.6. The maximum atomic E-state index is 12.8. The number of nitrogens with zero attached hydrogens (tertiary/aromatic N) is 2. The molecule has 144 valence electrons. The van der Waals surface area contributed by atoms with E-state index in [0.717, 1.165) is 19.4 Å². The number of hydrogen-bond acceptors (Lipinski definition) is 4. The molecule has 4 rings (SSSR count). The van der Waals surface area contributed by atoms with Crippen LogP contribution >= 0.6 is 0 Å². The van der Waals surface area contributed by atoms with E-state index in [0.29, 0.717) is 19.5 Å². The molecule has 2 N–H and O–H groups in total. The van der Waals surface area contributed by atoms with Crippen LogP contribution in [0.5, 0.6) is 0 Å². The number of piperazine rings is 1. The molecule has 2 unspecified atom stereocenters. The molecule has 1 aromatic carbocycles. The molecule has 7 nitrogen and oxygen atoms in total. The highest BCUT2D eigenvalue weighted by atomic mass is 16.2. The second kappa shape index (κ2) is 6.87. The van der Waals surface area contributed by atoms with Crippen LogP contribution in [-0.2, 0) is 9.59 Å². The van der Waals surface area contributed by atoms with Crippen molar-refractivity contribution in [3.63, 3.8) is 0 Å². The summed E-state index contributed by atoms with van der Waals surface area (Å²) in [5.41, 5.74) is 0.291. The molecule has 2 saturated heterocycles. The maximum Gasteiger partial charge on any atom is 0.322 e. The topological polar surface area (TPSA) is 81.8 Å². The second-order valence-electron chi connectivity index (χ2n) is 7.87. The van der Waals surface area contributed by atoms with E-state index in [2.05, 4.69) is 34.6 Å². The number of imide groups is 1. The summed E-state index contributed by atoms with van der Waals surface area (Å²) in [4.78, 5) is 40.9. The van der Waals surface area contributed by atoms with E-state index in [1.807, 2.05) is 23.1 Å². The number of carbonyl (C=O) groups is 3. The molecule has 3 aliphatic rings. The third-order valence-electron chi connectivity index (χ3n) is 6.04. The molecule has 1 aliphatic carbocycles. The van der Waals surface area contributed by atoms with Crippen LogP contribution in [0.4, 0.5) is 10.5 Å². The number of anilines is 1. The molecular formula is C20H26N4O3. The fourth-order valence-corrected chi connectivity index (χ4v) is 4.40. The van der Waals surface area contributed by atoms with Crippen LogP contribution < -0.4 is 15.5 Å². The first-order valence-electron chi connectivity index (χ1n) is 9.73. The van der Waals surface area contributed by atoms with Gasteiger partial charge in [-0.3, -0.25) is 14.9 Å². The quantitative estimate of drug-likeness (QED) is 0.770. The Balaban J connectivity index is 1.35. The lowest BCUT2D eigenvalue weighted by atomic mass is 9.87. The van der Waals surface area contributed by atoms with Crippen molar-refractivity contribution in [2.45, 2.75) is 44.2 Å². The van der Waals surface area contributed by atoms with Gasteiger partial charge in [-0.05, 0) is 44.2 Å². The van der Waals surface area contributed by atoms with E-state index in [1.54, 1.807) is 0 Å². The van der Waals surface area contributed by atoms with Gasteiger partial charge in [-0.15, -0.1) is 0 Å². The van der Waals surface area contributed by atoms with Gasteiger partial charge in [0.1, 0.15) is 5.54 Å². The third kappa shape index (κ3) is 3.38. The Morgan fingerprint density at radius 2 is 1.93 bits per heavy atom. The van der Waals surface area contributed by atoms with Gasteiger partial charge in [0.05, 0.1) is 0 Å². The third-order valence-corrected chi connectivity index (χ3v) is 6.04. The number of amides is 4. The highest BCUT2D eigenvalue weighted by Crippen LogP contribution is 2.43. The van der Waals surface area contributed by atoms with Gasteiger partial charge in [-0.25, -0.2) is 4.79 Å². The molecule has 3 fully saturated rings. The van der Waals surface area contributed by atoms with Crippen LogP contribution in [0, 0.1) is 5.92 Å². The second-order valence-corrected chi connectivity index (χ2v) is 7.87. The zero-order valence-corrected chi connectivity index (χ0v) is 15.6. The molecule has 27 heavy (non-hydrogen) atoms. The van der Waals surface area contributed by atoms with Crippen molar-refractivity contribution in [2.24, 2.45) is 5.92 Å². The van der Waals surface area contributed by atoms with Crippen molar-refractivity contribution < 1.29 is 14.4 Å². The SMILES string of the molecule is CC1CN(C(=O)CCC2(C3CC3)NC(=O)NC2=O)CCN1c1ccccc1. The van der Waals surface area contributed by atoms with Crippen molar-refractivity contribution >= 4 is 23.5 Å². The predicted octanol–water partition coefficient (Wildman–Crippen LogP) is 1.49. The Morgan fingerprint density at radius 1 is 1.19 bits per heavy atom. The number of urea groups is 1. The number of benzene rings is 1. The fraction of sp³-hybridized carbons (Fsp3) is 0.550. The van der Waals surface area contributed by atoms with Crippen LogP contribution in [-0.4, -0.2) is 54.0 Å². The highest BCUT2D eigenvalue weighted by molar-refractivity contribution is 6.07. The van der Waals surface area contributed by atoms with Crippen LogP contribution in [0.3, 0.4) is 0 Å². The summed E-state index contributed by atoms with van der Waals surface area (Å²) in [6, 6.07) is 10.0. The molecule has 0 spiro atoms. The Hall–Kier alpha value is -2.57. The monoisotopic (exact) mass is 370 g/mol. The first kappa shape index (κ1) is 17.8. The van der Waals surface area contributed by atoms with Gasteiger partial charge in [0.15, 0.2) is 0 Å². The Bertz CT molecular complexity index is 749. The molecule has 2 aliphatic heterocycles. The molecule has 7 heteroatoms. The van der Waals surface area contributed by atoms with Crippen molar-refractivity contribution in [2.75, 3.05) is 24.5 Å². The minimum atomic E-state index is -0.885. The number of nitrogens with one attached hydrogen (secondary N) is 2. The first-order valence-corrected chi connectivity index (χ1v) is 9.73. The molecule has 2 heterocycles. The average molecular weight is 370 g/mol. The molecule has 1 saturated carbocycles. The van der Waals surface area contributed by atoms with Crippen molar-refractivity contribution in [3.05, 3.63) is 30.3 Å². The lowest BCUT2D eigenvalue weighted by Crippen LogP contribution is -2.54. The molecule has 2 atom stereocenters. The smallest absolute Gasteiger partial charge is 0.322 e. The summed E-state index contributed by atoms with van der Waals surface area (Å²) < 4.78 is 0. The molecule has 0 radical (unpaired) electrons. The molecular weight excluding hydrogens is 344 g/mol. The van der Waals surface area contributed by atoms with E-state index in [9.17, 15) is 14.4 Å². The Morgan fingerprint density at radius 3 is 2.52 bits per heavy atom. The van der Waals surface area contributed by atoms with Crippen LogP contribution in [0.1, 0.15) is 32.6 Å². The highest BCUT2D eigenvalue weighted by Gasteiger charge is 2.55. The van der Waals surface area contributed by atoms with E-state index in [1.165, 1.54) is 5.69 Å². The number of hydrogen-bond donors (Lipinski definition) is 2. The lowest BCUT2D eigenvalue weighted by Gasteiger charge is -2.41. The van der Waals surface area contributed by atoms with Gasteiger partial charge in [0, 0.05) is 37.8 Å². The largest absolute Gasteiger partial charge is 0.365 e. The number of carbonyl (C=O) groups excluding carboxylic acids is 3. The van der Waals surface area contributed by atoms with Crippen LogP contribution in [0.25, 0.3) is 0 Å². The summed E-state index contributed by atoms with van der Waals surface area (Å²) in [6.07, 6.45) is 2.51. The van der Waals surface area contributed by atoms with Gasteiger partial charge in [-0.1, -0.05) is 18.2 Å². The van der Waals surface area contributed by atoms with E-state index in [-0.39, 0.29) is 30.2 Å². The van der Waals surface area contributed by atoms with Crippen LogP contribution in [0.2, 0.25) is 0 Å². The summed E-state index contributed by atoms with van der Waals surface area (Å²) in [5, 5.41) is 5.14. The molecule has 1 aromatic rings. The van der Waals surface area contributed by atoms with Gasteiger partial charge in [0.25, 0.3) is 5.91 Å². The molecule has 0 bridgehead atoms. The number of rotatable bonds is 5. The molecule has 4 amide bonds. The number of para-hydroxylation sites is 1. The average Bonchev–Trinajstić information content (AvgIpc) is 3.47. The molecule has 0 aromatic heterocycles. The van der Waals surface area contributed by atoms with E-state index >= 15 is 0 Å². The van der Waals surface area contributed by atoms with Crippen molar-refractivity contribution in [1.29, 1.82) is 0 Å². The van der Waals surface area contributed by atoms with Gasteiger partial charge in [-0.2, -0.15) is 0 Å². The summed E-state index contributed by atoms with van der Waals surface area (Å²) in [6.45, 7) is 4.26. The minimum Gasteiger partial charge on any atom is -0.365 e.